The van der Waals surface area contributed by atoms with Gasteiger partial charge in [-0.3, -0.25) is 9.59 Å². The molecule has 2 atom stereocenters. The monoisotopic (exact) mass is 347 g/mol. The summed E-state index contributed by atoms with van der Waals surface area (Å²) in [5.74, 6) is -2.18. The first kappa shape index (κ1) is 17.7. The van der Waals surface area contributed by atoms with E-state index in [4.69, 9.17) is 9.47 Å². The fourth-order valence-corrected chi connectivity index (χ4v) is 4.06. The maximum atomic E-state index is 12.8. The van der Waals surface area contributed by atoms with Crippen LogP contribution in [0.25, 0.3) is 0 Å². The molecule has 6 nitrogen and oxygen atoms in total. The Morgan fingerprint density at radius 3 is 2.48 bits per heavy atom. The van der Waals surface area contributed by atoms with Gasteiger partial charge in [0, 0.05) is 11.3 Å². The van der Waals surface area contributed by atoms with E-state index in [9.17, 15) is 14.4 Å². The van der Waals surface area contributed by atoms with Crippen LogP contribution >= 0.6 is 0 Å². The standard InChI is InChI=1S/C19H25NO5/c1-10-9-13-15(17(21)14(10)18(22)24-3)11(2)16(20-13)19(23)25-12-7-5-4-6-8-12/h10,12,14,20H,4-9H2,1-3H3/t10-,14+/m1/s1. The van der Waals surface area contributed by atoms with Crippen molar-refractivity contribution in [2.75, 3.05) is 7.11 Å². The summed E-state index contributed by atoms with van der Waals surface area (Å²) < 4.78 is 10.4. The fourth-order valence-electron chi connectivity index (χ4n) is 4.06. The van der Waals surface area contributed by atoms with E-state index >= 15 is 0 Å². The topological polar surface area (TPSA) is 85.5 Å². The van der Waals surface area contributed by atoms with Crippen molar-refractivity contribution in [3.05, 3.63) is 22.5 Å². The number of Topliss-reactive ketones (excluding diaryl/α,β-unsaturated/α-hetero) is 1. The van der Waals surface area contributed by atoms with Gasteiger partial charge in [0.05, 0.1) is 7.11 Å². The fraction of sp³-hybridized carbons (Fsp3) is 0.632. The van der Waals surface area contributed by atoms with Crippen LogP contribution in [-0.4, -0.2) is 35.9 Å². The Hall–Kier alpha value is -2.11. The Kier molecular flexibility index (Phi) is 4.97. The SMILES string of the molecule is COC(=O)[C@@H]1C(=O)c2c([nH]c(C(=O)OC3CCCCC3)c2C)C[C@H]1C. The van der Waals surface area contributed by atoms with Crippen molar-refractivity contribution in [2.45, 2.75) is 58.5 Å². The van der Waals surface area contributed by atoms with Gasteiger partial charge in [-0.25, -0.2) is 4.79 Å². The lowest BCUT2D eigenvalue weighted by molar-refractivity contribution is -0.145. The summed E-state index contributed by atoms with van der Waals surface area (Å²) in [4.78, 5) is 40.4. The van der Waals surface area contributed by atoms with E-state index in [1.165, 1.54) is 13.5 Å². The van der Waals surface area contributed by atoms with Crippen LogP contribution in [0.15, 0.2) is 0 Å². The van der Waals surface area contributed by atoms with Crippen molar-refractivity contribution < 1.29 is 23.9 Å². The summed E-state index contributed by atoms with van der Waals surface area (Å²) in [6.07, 6.45) is 5.61. The molecule has 0 amide bonds. The second-order valence-electron chi connectivity index (χ2n) is 7.19. The summed E-state index contributed by atoms with van der Waals surface area (Å²) >= 11 is 0. The first-order valence-corrected chi connectivity index (χ1v) is 8.98. The third-order valence-electron chi connectivity index (χ3n) is 5.44. The Morgan fingerprint density at radius 1 is 1.16 bits per heavy atom. The summed E-state index contributed by atoms with van der Waals surface area (Å²) in [6, 6.07) is 0. The molecule has 3 rings (SSSR count). The lowest BCUT2D eigenvalue weighted by Crippen LogP contribution is -2.36. The van der Waals surface area contributed by atoms with Gasteiger partial charge in [0.15, 0.2) is 5.78 Å². The van der Waals surface area contributed by atoms with Crippen LogP contribution in [0, 0.1) is 18.8 Å². The third kappa shape index (κ3) is 3.22. The molecule has 0 bridgehead atoms. The molecule has 1 N–H and O–H groups in total. The van der Waals surface area contributed by atoms with Gasteiger partial charge in [-0.15, -0.1) is 0 Å². The number of ketones is 1. The van der Waals surface area contributed by atoms with E-state index in [2.05, 4.69) is 4.98 Å². The lowest BCUT2D eigenvalue weighted by Gasteiger charge is -2.25. The van der Waals surface area contributed by atoms with Crippen molar-refractivity contribution in [2.24, 2.45) is 11.8 Å². The normalized spacial score (nSPS) is 23.9. The van der Waals surface area contributed by atoms with Crippen LogP contribution in [0.1, 0.15) is 71.1 Å². The highest BCUT2D eigenvalue weighted by molar-refractivity contribution is 6.12. The molecule has 0 unspecified atom stereocenters. The summed E-state index contributed by atoms with van der Waals surface area (Å²) in [5, 5.41) is 0. The second-order valence-corrected chi connectivity index (χ2v) is 7.19. The van der Waals surface area contributed by atoms with Crippen molar-refractivity contribution >= 4 is 17.7 Å². The van der Waals surface area contributed by atoms with Gasteiger partial charge in [-0.05, 0) is 50.5 Å². The number of nitrogens with one attached hydrogen (secondary N) is 1. The Balaban J connectivity index is 1.85. The molecule has 1 saturated carbocycles. The van der Waals surface area contributed by atoms with Crippen LogP contribution in [0.5, 0.6) is 0 Å². The second kappa shape index (κ2) is 7.02. The van der Waals surface area contributed by atoms with Crippen molar-refractivity contribution in [1.82, 2.24) is 4.98 Å². The summed E-state index contributed by atoms with van der Waals surface area (Å²) in [7, 11) is 1.29. The smallest absolute Gasteiger partial charge is 0.355 e. The molecule has 0 spiro atoms. The predicted octanol–water partition coefficient (Wildman–Crippen LogP) is 2.98. The van der Waals surface area contributed by atoms with Crippen LogP contribution in [0.4, 0.5) is 0 Å². The maximum absolute atomic E-state index is 12.8. The molecule has 0 aliphatic heterocycles. The zero-order valence-corrected chi connectivity index (χ0v) is 15.0. The highest BCUT2D eigenvalue weighted by Crippen LogP contribution is 2.34. The summed E-state index contributed by atoms with van der Waals surface area (Å²) in [5.41, 5.74) is 2.07. The highest BCUT2D eigenvalue weighted by atomic mass is 16.5. The van der Waals surface area contributed by atoms with E-state index in [0.29, 0.717) is 28.9 Å². The van der Waals surface area contributed by atoms with Gasteiger partial charge in [0.25, 0.3) is 0 Å². The van der Waals surface area contributed by atoms with E-state index in [0.717, 1.165) is 25.7 Å². The molecule has 1 aromatic heterocycles. The van der Waals surface area contributed by atoms with Crippen molar-refractivity contribution in [3.63, 3.8) is 0 Å². The molecular formula is C19H25NO5. The molecule has 0 radical (unpaired) electrons. The summed E-state index contributed by atoms with van der Waals surface area (Å²) in [6.45, 7) is 3.58. The first-order valence-electron chi connectivity index (χ1n) is 8.98. The minimum Gasteiger partial charge on any atom is -0.468 e. The minimum atomic E-state index is -0.811. The number of aromatic amines is 1. The Labute approximate surface area is 147 Å². The van der Waals surface area contributed by atoms with Gasteiger partial charge >= 0.3 is 11.9 Å². The molecule has 0 aromatic carbocycles. The number of carbonyl (C=O) groups is 3. The van der Waals surface area contributed by atoms with E-state index in [1.807, 2.05) is 6.92 Å². The number of fused-ring (bicyclic) bond motifs is 1. The predicted molar refractivity (Wildman–Crippen MR) is 90.5 cm³/mol. The third-order valence-corrected chi connectivity index (χ3v) is 5.44. The maximum Gasteiger partial charge on any atom is 0.355 e. The van der Waals surface area contributed by atoms with Gasteiger partial charge in [-0.1, -0.05) is 13.3 Å². The molecule has 2 aliphatic rings. The van der Waals surface area contributed by atoms with Crippen LogP contribution in [-0.2, 0) is 20.7 Å². The van der Waals surface area contributed by atoms with Crippen molar-refractivity contribution in [3.8, 4) is 0 Å². The number of methoxy groups -OCH3 is 1. The average molecular weight is 347 g/mol. The molecule has 0 saturated heterocycles. The van der Waals surface area contributed by atoms with Crippen LogP contribution in [0.3, 0.4) is 0 Å². The zero-order chi connectivity index (χ0) is 18.1. The number of esters is 2. The minimum absolute atomic E-state index is 0.0431. The molecule has 25 heavy (non-hydrogen) atoms. The molecule has 136 valence electrons. The number of rotatable bonds is 3. The number of H-pyrrole nitrogens is 1. The largest absolute Gasteiger partial charge is 0.468 e. The Morgan fingerprint density at radius 2 is 1.84 bits per heavy atom. The molecule has 2 aliphatic carbocycles. The quantitative estimate of drug-likeness (QED) is 0.671. The van der Waals surface area contributed by atoms with E-state index < -0.39 is 17.9 Å². The van der Waals surface area contributed by atoms with Gasteiger partial charge in [0.1, 0.15) is 17.7 Å². The highest BCUT2D eigenvalue weighted by Gasteiger charge is 2.42. The Bertz CT molecular complexity index is 699. The number of hydrogen-bond donors (Lipinski definition) is 1. The number of hydrogen-bond acceptors (Lipinski definition) is 5. The molecule has 1 fully saturated rings. The van der Waals surface area contributed by atoms with Gasteiger partial charge < -0.3 is 14.5 Å². The first-order chi connectivity index (χ1) is 11.9. The molecule has 6 heteroatoms. The number of aromatic nitrogens is 1. The number of carbonyl (C=O) groups excluding carboxylic acids is 3. The van der Waals surface area contributed by atoms with E-state index in [1.54, 1.807) is 6.92 Å². The van der Waals surface area contributed by atoms with Gasteiger partial charge in [0.2, 0.25) is 0 Å². The lowest BCUT2D eigenvalue weighted by atomic mass is 9.77. The zero-order valence-electron chi connectivity index (χ0n) is 15.0. The van der Waals surface area contributed by atoms with Gasteiger partial charge in [-0.2, -0.15) is 0 Å². The number of ether oxygens (including phenoxy) is 2. The van der Waals surface area contributed by atoms with Crippen LogP contribution < -0.4 is 0 Å². The molecule has 1 heterocycles. The van der Waals surface area contributed by atoms with E-state index in [-0.39, 0.29) is 17.8 Å². The van der Waals surface area contributed by atoms with Crippen LogP contribution in [0.2, 0.25) is 0 Å². The molecule has 1 aromatic rings. The molecular weight excluding hydrogens is 322 g/mol. The van der Waals surface area contributed by atoms with Crippen molar-refractivity contribution in [1.29, 1.82) is 0 Å². The average Bonchev–Trinajstić information content (AvgIpc) is 2.92.